The first-order valence-electron chi connectivity index (χ1n) is 9.76. The number of unbranched alkanes of at least 4 members (excludes halogenated alkanes) is 10. The summed E-state index contributed by atoms with van der Waals surface area (Å²) in [7, 11) is 0. The zero-order chi connectivity index (χ0) is 15.6. The highest BCUT2D eigenvalue weighted by molar-refractivity contribution is 4.60. The van der Waals surface area contributed by atoms with Gasteiger partial charge in [0.15, 0.2) is 0 Å². The second kappa shape index (κ2) is 18.0. The predicted molar refractivity (Wildman–Crippen MR) is 95.7 cm³/mol. The van der Waals surface area contributed by atoms with E-state index in [0.717, 1.165) is 19.4 Å². The van der Waals surface area contributed by atoms with Gasteiger partial charge in [0.25, 0.3) is 0 Å². The van der Waals surface area contributed by atoms with Crippen LogP contribution in [0.25, 0.3) is 0 Å². The van der Waals surface area contributed by atoms with Crippen molar-refractivity contribution in [3.63, 3.8) is 0 Å². The SMILES string of the molecule is [CH2]CCC(CCCCCCCCCCCC)OCCCC. The number of ether oxygens (including phenoxy) is 1. The van der Waals surface area contributed by atoms with Crippen LogP contribution in [0.15, 0.2) is 0 Å². The molecular formula is C20H41O. The summed E-state index contributed by atoms with van der Waals surface area (Å²) in [6.45, 7) is 9.43. The fourth-order valence-corrected chi connectivity index (χ4v) is 2.79. The smallest absolute Gasteiger partial charge is 0.0575 e. The highest BCUT2D eigenvalue weighted by Crippen LogP contribution is 2.15. The van der Waals surface area contributed by atoms with E-state index in [2.05, 4.69) is 20.8 Å². The van der Waals surface area contributed by atoms with Crippen LogP contribution < -0.4 is 0 Å². The highest BCUT2D eigenvalue weighted by Gasteiger charge is 2.07. The molecule has 0 aliphatic carbocycles. The summed E-state index contributed by atoms with van der Waals surface area (Å²) in [5.74, 6) is 0. The van der Waals surface area contributed by atoms with E-state index in [1.165, 1.54) is 83.5 Å². The van der Waals surface area contributed by atoms with Crippen LogP contribution in [0.3, 0.4) is 0 Å². The van der Waals surface area contributed by atoms with Crippen LogP contribution >= 0.6 is 0 Å². The average Bonchev–Trinajstić information content (AvgIpc) is 2.49. The minimum Gasteiger partial charge on any atom is -0.378 e. The van der Waals surface area contributed by atoms with E-state index >= 15 is 0 Å². The molecule has 1 unspecified atom stereocenters. The second-order valence-electron chi connectivity index (χ2n) is 6.46. The Kier molecular flexibility index (Phi) is 18.0. The largest absolute Gasteiger partial charge is 0.378 e. The molecule has 0 spiro atoms. The molecule has 1 atom stereocenters. The van der Waals surface area contributed by atoms with Crippen LogP contribution in [0.5, 0.6) is 0 Å². The zero-order valence-electron chi connectivity index (χ0n) is 15.0. The first-order valence-corrected chi connectivity index (χ1v) is 9.76. The molecule has 0 saturated heterocycles. The molecule has 0 N–H and O–H groups in total. The lowest BCUT2D eigenvalue weighted by molar-refractivity contribution is 0.0387. The summed E-state index contributed by atoms with van der Waals surface area (Å²) in [4.78, 5) is 0. The van der Waals surface area contributed by atoms with Crippen LogP contribution in [-0.4, -0.2) is 12.7 Å². The molecule has 0 bridgehead atoms. The fraction of sp³-hybridized carbons (Fsp3) is 0.950. The van der Waals surface area contributed by atoms with Gasteiger partial charge in [-0.2, -0.15) is 0 Å². The monoisotopic (exact) mass is 297 g/mol. The zero-order valence-corrected chi connectivity index (χ0v) is 15.0. The molecule has 1 radical (unpaired) electrons. The maximum absolute atomic E-state index is 5.97. The number of hydrogen-bond donors (Lipinski definition) is 0. The Morgan fingerprint density at radius 2 is 1.19 bits per heavy atom. The molecule has 1 nitrogen and oxygen atoms in total. The van der Waals surface area contributed by atoms with Crippen molar-refractivity contribution in [1.29, 1.82) is 0 Å². The summed E-state index contributed by atoms with van der Waals surface area (Å²) in [6.07, 6.45) is 20.4. The van der Waals surface area contributed by atoms with Gasteiger partial charge in [0.05, 0.1) is 6.10 Å². The third kappa shape index (κ3) is 16.2. The Balaban J connectivity index is 3.32. The lowest BCUT2D eigenvalue weighted by atomic mass is 10.0. The Bertz CT molecular complexity index is 179. The first kappa shape index (κ1) is 21.0. The van der Waals surface area contributed by atoms with Gasteiger partial charge in [-0.3, -0.25) is 0 Å². The minimum atomic E-state index is 0.475. The van der Waals surface area contributed by atoms with Crippen molar-refractivity contribution in [2.45, 2.75) is 116 Å². The van der Waals surface area contributed by atoms with E-state index in [4.69, 9.17) is 4.74 Å². The van der Waals surface area contributed by atoms with Gasteiger partial charge < -0.3 is 4.74 Å². The molecule has 0 aromatic heterocycles. The molecule has 0 rings (SSSR count). The molecule has 0 aliphatic heterocycles. The van der Waals surface area contributed by atoms with Gasteiger partial charge in [-0.05, 0) is 19.3 Å². The molecule has 0 heterocycles. The Morgan fingerprint density at radius 1 is 0.667 bits per heavy atom. The Morgan fingerprint density at radius 3 is 1.71 bits per heavy atom. The second-order valence-corrected chi connectivity index (χ2v) is 6.46. The fourth-order valence-electron chi connectivity index (χ4n) is 2.79. The lowest BCUT2D eigenvalue weighted by Gasteiger charge is -2.17. The third-order valence-electron chi connectivity index (χ3n) is 4.26. The topological polar surface area (TPSA) is 9.23 Å². The van der Waals surface area contributed by atoms with Crippen LogP contribution in [-0.2, 0) is 4.74 Å². The lowest BCUT2D eigenvalue weighted by Crippen LogP contribution is -2.13. The van der Waals surface area contributed by atoms with Gasteiger partial charge >= 0.3 is 0 Å². The number of rotatable bonds is 17. The predicted octanol–water partition coefficient (Wildman–Crippen LogP) is 7.10. The molecule has 127 valence electrons. The number of hydrogen-bond acceptors (Lipinski definition) is 1. The molecule has 1 heteroatoms. The molecular weight excluding hydrogens is 256 g/mol. The quantitative estimate of drug-likeness (QED) is 0.260. The normalized spacial score (nSPS) is 12.7. The summed E-state index contributed by atoms with van der Waals surface area (Å²) in [5.41, 5.74) is 0. The summed E-state index contributed by atoms with van der Waals surface area (Å²) in [6, 6.07) is 0. The summed E-state index contributed by atoms with van der Waals surface area (Å²) in [5, 5.41) is 0. The van der Waals surface area contributed by atoms with E-state index in [-0.39, 0.29) is 0 Å². The van der Waals surface area contributed by atoms with E-state index in [9.17, 15) is 0 Å². The van der Waals surface area contributed by atoms with Crippen molar-refractivity contribution in [2.24, 2.45) is 0 Å². The van der Waals surface area contributed by atoms with E-state index in [1.54, 1.807) is 0 Å². The van der Waals surface area contributed by atoms with Crippen molar-refractivity contribution in [2.75, 3.05) is 6.61 Å². The van der Waals surface area contributed by atoms with Gasteiger partial charge in [-0.1, -0.05) is 97.8 Å². The first-order chi connectivity index (χ1) is 10.3. The van der Waals surface area contributed by atoms with E-state index in [1.807, 2.05) is 0 Å². The van der Waals surface area contributed by atoms with Gasteiger partial charge in [0.2, 0.25) is 0 Å². The van der Waals surface area contributed by atoms with Crippen LogP contribution in [0.4, 0.5) is 0 Å². The molecule has 0 aliphatic rings. The summed E-state index contributed by atoms with van der Waals surface area (Å²) < 4.78 is 5.97. The van der Waals surface area contributed by atoms with Crippen molar-refractivity contribution >= 4 is 0 Å². The summed E-state index contributed by atoms with van der Waals surface area (Å²) >= 11 is 0. The van der Waals surface area contributed by atoms with Crippen molar-refractivity contribution in [1.82, 2.24) is 0 Å². The molecule has 0 aromatic rings. The Labute approximate surface area is 135 Å². The van der Waals surface area contributed by atoms with Crippen LogP contribution in [0.2, 0.25) is 0 Å². The molecule has 21 heavy (non-hydrogen) atoms. The van der Waals surface area contributed by atoms with Crippen molar-refractivity contribution in [3.8, 4) is 0 Å². The van der Waals surface area contributed by atoms with Crippen LogP contribution in [0.1, 0.15) is 110 Å². The molecule has 0 amide bonds. The maximum Gasteiger partial charge on any atom is 0.0575 e. The molecule has 0 fully saturated rings. The van der Waals surface area contributed by atoms with Gasteiger partial charge in [0.1, 0.15) is 0 Å². The standard InChI is InChI=1S/C20H41O/c1-4-7-9-10-11-12-13-14-15-16-18-20(17-6-3)21-19-8-5-2/h20H,3-19H2,1-2H3. The average molecular weight is 298 g/mol. The molecule has 0 aromatic carbocycles. The minimum absolute atomic E-state index is 0.475. The van der Waals surface area contributed by atoms with Crippen molar-refractivity contribution < 1.29 is 4.74 Å². The van der Waals surface area contributed by atoms with Crippen molar-refractivity contribution in [3.05, 3.63) is 6.92 Å². The molecule has 0 saturated carbocycles. The van der Waals surface area contributed by atoms with Gasteiger partial charge in [-0.15, -0.1) is 0 Å². The van der Waals surface area contributed by atoms with E-state index < -0.39 is 0 Å². The maximum atomic E-state index is 5.97. The van der Waals surface area contributed by atoms with E-state index in [0.29, 0.717) is 6.10 Å². The van der Waals surface area contributed by atoms with Crippen LogP contribution in [0, 0.1) is 6.92 Å². The highest BCUT2D eigenvalue weighted by atomic mass is 16.5. The Hall–Kier alpha value is -0.0400. The van der Waals surface area contributed by atoms with Gasteiger partial charge in [0, 0.05) is 6.61 Å². The van der Waals surface area contributed by atoms with Gasteiger partial charge in [-0.25, -0.2) is 0 Å². The third-order valence-corrected chi connectivity index (χ3v) is 4.26.